The number of rotatable bonds is 8. The summed E-state index contributed by atoms with van der Waals surface area (Å²) in [6.07, 6.45) is 1.61. The van der Waals surface area contributed by atoms with E-state index in [0.29, 0.717) is 10.6 Å². The molecule has 0 saturated carbocycles. The van der Waals surface area contributed by atoms with Gasteiger partial charge in [-0.1, -0.05) is 37.6 Å². The Labute approximate surface area is 162 Å². The van der Waals surface area contributed by atoms with Crippen LogP contribution in [0.15, 0.2) is 24.3 Å². The number of carbonyl (C=O) groups is 3. The number of ether oxygens (including phenoxy) is 1. The van der Waals surface area contributed by atoms with Crippen molar-refractivity contribution in [1.82, 2.24) is 0 Å². The normalized spacial score (nSPS) is 10.5. The summed E-state index contributed by atoms with van der Waals surface area (Å²) in [5, 5.41) is 11.8. The Hall–Kier alpha value is -2.67. The molecule has 27 heavy (non-hydrogen) atoms. The predicted molar refractivity (Wildman–Crippen MR) is 105 cm³/mol. The maximum absolute atomic E-state index is 12.4. The molecule has 1 aromatic carbocycles. The van der Waals surface area contributed by atoms with Crippen molar-refractivity contribution in [2.75, 3.05) is 12.4 Å². The first-order valence-electron chi connectivity index (χ1n) is 8.70. The summed E-state index contributed by atoms with van der Waals surface area (Å²) in [6.45, 7) is 3.99. The Morgan fingerprint density at radius 3 is 2.37 bits per heavy atom. The second-order valence-corrected chi connectivity index (χ2v) is 7.34. The van der Waals surface area contributed by atoms with E-state index in [9.17, 15) is 14.4 Å². The van der Waals surface area contributed by atoms with Gasteiger partial charge in [-0.3, -0.25) is 9.59 Å². The third-order valence-corrected chi connectivity index (χ3v) is 5.09. The molecule has 144 valence electrons. The number of aliphatic carboxylic acids is 1. The molecule has 1 amide bonds. The van der Waals surface area contributed by atoms with Gasteiger partial charge in [0.1, 0.15) is 10.6 Å². The zero-order valence-corrected chi connectivity index (χ0v) is 16.4. The second-order valence-electron chi connectivity index (χ2n) is 6.12. The summed E-state index contributed by atoms with van der Waals surface area (Å²) in [5.74, 6) is -2.04. The quantitative estimate of drug-likeness (QED) is 0.658. The molecule has 0 aliphatic heterocycles. The van der Waals surface area contributed by atoms with Gasteiger partial charge < -0.3 is 15.2 Å². The molecule has 0 fully saturated rings. The number of carboxylic acids is 1. The minimum Gasteiger partial charge on any atom is -0.481 e. The Kier molecular flexibility index (Phi) is 7.12. The summed E-state index contributed by atoms with van der Waals surface area (Å²) in [4.78, 5) is 35.9. The van der Waals surface area contributed by atoms with Crippen molar-refractivity contribution < 1.29 is 24.2 Å². The highest BCUT2D eigenvalue weighted by molar-refractivity contribution is 7.17. The summed E-state index contributed by atoms with van der Waals surface area (Å²) >= 11 is 1.28. The highest BCUT2D eigenvalue weighted by Crippen LogP contribution is 2.40. The molecular formula is C20H23NO5S. The van der Waals surface area contributed by atoms with Crippen LogP contribution < -0.4 is 5.32 Å². The number of aryl methyl sites for hydroxylation is 2. The lowest BCUT2D eigenvalue weighted by atomic mass is 9.99. The van der Waals surface area contributed by atoms with E-state index in [1.54, 1.807) is 0 Å². The van der Waals surface area contributed by atoms with Crippen LogP contribution in [0.25, 0.3) is 11.1 Å². The molecule has 0 aliphatic carbocycles. The Morgan fingerprint density at radius 1 is 1.15 bits per heavy atom. The number of amides is 1. The molecule has 0 saturated heterocycles. The topological polar surface area (TPSA) is 92.7 Å². The lowest BCUT2D eigenvalue weighted by Crippen LogP contribution is -2.15. The molecule has 0 radical (unpaired) electrons. The van der Waals surface area contributed by atoms with Crippen LogP contribution in [0.3, 0.4) is 0 Å². The van der Waals surface area contributed by atoms with Gasteiger partial charge in [-0.2, -0.15) is 0 Å². The SMILES string of the molecule is CCCc1ccc(-c2c(C)sc(NC(=O)CCC(=O)O)c2C(=O)OC)cc1. The zero-order chi connectivity index (χ0) is 20.0. The number of hydrogen-bond acceptors (Lipinski definition) is 5. The van der Waals surface area contributed by atoms with Crippen LogP contribution in [0.4, 0.5) is 5.00 Å². The first kappa shape index (κ1) is 20.6. The van der Waals surface area contributed by atoms with Crippen molar-refractivity contribution in [3.05, 3.63) is 40.3 Å². The zero-order valence-electron chi connectivity index (χ0n) is 15.6. The van der Waals surface area contributed by atoms with Crippen LogP contribution >= 0.6 is 11.3 Å². The maximum Gasteiger partial charge on any atom is 0.341 e. The van der Waals surface area contributed by atoms with Crippen molar-refractivity contribution >= 4 is 34.2 Å². The van der Waals surface area contributed by atoms with Gasteiger partial charge in [0, 0.05) is 16.9 Å². The molecule has 7 heteroatoms. The maximum atomic E-state index is 12.4. The van der Waals surface area contributed by atoms with Crippen molar-refractivity contribution in [1.29, 1.82) is 0 Å². The van der Waals surface area contributed by atoms with Crippen LogP contribution in [0.2, 0.25) is 0 Å². The smallest absolute Gasteiger partial charge is 0.341 e. The van der Waals surface area contributed by atoms with E-state index in [1.807, 2.05) is 31.2 Å². The first-order chi connectivity index (χ1) is 12.9. The lowest BCUT2D eigenvalue weighted by molar-refractivity contribution is -0.138. The van der Waals surface area contributed by atoms with E-state index in [1.165, 1.54) is 24.0 Å². The van der Waals surface area contributed by atoms with E-state index < -0.39 is 17.8 Å². The molecule has 2 N–H and O–H groups in total. The van der Waals surface area contributed by atoms with Crippen molar-refractivity contribution in [2.24, 2.45) is 0 Å². The van der Waals surface area contributed by atoms with Gasteiger partial charge in [0.05, 0.1) is 13.5 Å². The summed E-state index contributed by atoms with van der Waals surface area (Å²) < 4.78 is 4.92. The fourth-order valence-corrected chi connectivity index (χ4v) is 3.89. The van der Waals surface area contributed by atoms with Crippen LogP contribution in [-0.2, 0) is 20.7 Å². The van der Waals surface area contributed by atoms with E-state index in [-0.39, 0.29) is 12.8 Å². The average molecular weight is 389 g/mol. The van der Waals surface area contributed by atoms with Gasteiger partial charge >= 0.3 is 11.9 Å². The number of carbonyl (C=O) groups excluding carboxylic acids is 2. The molecule has 0 aliphatic rings. The molecule has 1 aromatic heterocycles. The van der Waals surface area contributed by atoms with Crippen molar-refractivity contribution in [2.45, 2.75) is 39.5 Å². The molecule has 6 nitrogen and oxygen atoms in total. The Bertz CT molecular complexity index is 839. The minimum absolute atomic E-state index is 0.159. The van der Waals surface area contributed by atoms with Crippen LogP contribution in [0.1, 0.15) is 47.0 Å². The average Bonchev–Trinajstić information content (AvgIpc) is 2.96. The standard InChI is InChI=1S/C20H23NO5S/c1-4-5-13-6-8-14(9-7-13)17-12(2)27-19(18(17)20(25)26-3)21-15(22)10-11-16(23)24/h6-9H,4-5,10-11H2,1-3H3,(H,21,22)(H,23,24). The molecule has 0 atom stereocenters. The van der Waals surface area contributed by atoms with Crippen LogP contribution in [0, 0.1) is 6.92 Å². The van der Waals surface area contributed by atoms with E-state index in [2.05, 4.69) is 12.2 Å². The number of thiophene rings is 1. The molecule has 0 unspecified atom stereocenters. The first-order valence-corrected chi connectivity index (χ1v) is 9.51. The van der Waals surface area contributed by atoms with Gasteiger partial charge in [-0.15, -0.1) is 11.3 Å². The predicted octanol–water partition coefficient (Wildman–Crippen LogP) is 4.27. The summed E-state index contributed by atoms with van der Waals surface area (Å²) in [6, 6.07) is 7.98. The van der Waals surface area contributed by atoms with Crippen molar-refractivity contribution in [3.63, 3.8) is 0 Å². The minimum atomic E-state index is -1.05. The number of benzene rings is 1. The molecule has 1 heterocycles. The number of nitrogens with one attached hydrogen (secondary N) is 1. The van der Waals surface area contributed by atoms with E-state index in [0.717, 1.165) is 28.8 Å². The number of carboxylic acid groups (broad SMARTS) is 1. The monoisotopic (exact) mass is 389 g/mol. The largest absolute Gasteiger partial charge is 0.481 e. The van der Waals surface area contributed by atoms with Gasteiger partial charge in [0.25, 0.3) is 0 Å². The Morgan fingerprint density at radius 2 is 1.81 bits per heavy atom. The van der Waals surface area contributed by atoms with Crippen LogP contribution in [0.5, 0.6) is 0 Å². The molecule has 2 rings (SSSR count). The van der Waals surface area contributed by atoms with Gasteiger partial charge in [-0.05, 0) is 24.5 Å². The van der Waals surface area contributed by atoms with E-state index >= 15 is 0 Å². The highest BCUT2D eigenvalue weighted by Gasteiger charge is 2.25. The van der Waals surface area contributed by atoms with Crippen LogP contribution in [-0.4, -0.2) is 30.1 Å². The third-order valence-electron chi connectivity index (χ3n) is 4.07. The molecule has 2 aromatic rings. The van der Waals surface area contributed by atoms with Gasteiger partial charge in [0.2, 0.25) is 5.91 Å². The Balaban J connectivity index is 2.39. The van der Waals surface area contributed by atoms with Crippen molar-refractivity contribution in [3.8, 4) is 11.1 Å². The van der Waals surface area contributed by atoms with Gasteiger partial charge in [0.15, 0.2) is 0 Å². The molecule has 0 bridgehead atoms. The molecular weight excluding hydrogens is 366 g/mol. The number of hydrogen-bond donors (Lipinski definition) is 2. The molecule has 0 spiro atoms. The fourth-order valence-electron chi connectivity index (χ4n) is 2.81. The number of methoxy groups -OCH3 is 1. The number of anilines is 1. The number of esters is 1. The highest BCUT2D eigenvalue weighted by atomic mass is 32.1. The van der Waals surface area contributed by atoms with Gasteiger partial charge in [-0.25, -0.2) is 4.79 Å². The summed E-state index contributed by atoms with van der Waals surface area (Å²) in [7, 11) is 1.29. The second kappa shape index (κ2) is 9.32. The lowest BCUT2D eigenvalue weighted by Gasteiger charge is -2.09. The summed E-state index contributed by atoms with van der Waals surface area (Å²) in [5.41, 5.74) is 3.11. The van der Waals surface area contributed by atoms with E-state index in [4.69, 9.17) is 9.84 Å². The third kappa shape index (κ3) is 5.17. The fraction of sp³-hybridized carbons (Fsp3) is 0.350.